The number of rotatable bonds is 4. The predicted molar refractivity (Wildman–Crippen MR) is 80.2 cm³/mol. The number of hydrogen-bond donors (Lipinski definition) is 1. The first-order valence-electron chi connectivity index (χ1n) is 6.54. The molecule has 21 heavy (non-hydrogen) atoms. The maximum atomic E-state index is 12.0. The summed E-state index contributed by atoms with van der Waals surface area (Å²) in [6, 6.07) is 12.5. The SMILES string of the molecule is COC(=O)/C(=C/[C@](C)(O)c1ccncc1)c1ccccc1. The van der Waals surface area contributed by atoms with Crippen LogP contribution in [0, 0.1) is 0 Å². The summed E-state index contributed by atoms with van der Waals surface area (Å²) in [5.74, 6) is -0.490. The molecule has 0 saturated carbocycles. The Labute approximate surface area is 123 Å². The third-order valence-corrected chi connectivity index (χ3v) is 3.18. The quantitative estimate of drug-likeness (QED) is 0.692. The second-order valence-electron chi connectivity index (χ2n) is 4.80. The van der Waals surface area contributed by atoms with E-state index in [1.54, 1.807) is 43.6 Å². The maximum Gasteiger partial charge on any atom is 0.338 e. The summed E-state index contributed by atoms with van der Waals surface area (Å²) in [7, 11) is 1.32. The Balaban J connectivity index is 2.48. The monoisotopic (exact) mass is 283 g/mol. The molecule has 0 bridgehead atoms. The number of methoxy groups -OCH3 is 1. The molecule has 0 radical (unpaired) electrons. The second kappa shape index (κ2) is 6.33. The molecule has 108 valence electrons. The van der Waals surface area contributed by atoms with Crippen LogP contribution in [0.3, 0.4) is 0 Å². The Kier molecular flexibility index (Phi) is 4.50. The molecule has 1 N–H and O–H groups in total. The number of carbonyl (C=O) groups excluding carboxylic acids is 1. The van der Waals surface area contributed by atoms with Gasteiger partial charge >= 0.3 is 5.97 Å². The van der Waals surface area contributed by atoms with Crippen LogP contribution >= 0.6 is 0 Å². The lowest BCUT2D eigenvalue weighted by Gasteiger charge is -2.21. The number of esters is 1. The summed E-state index contributed by atoms with van der Waals surface area (Å²) in [4.78, 5) is 15.9. The fraction of sp³-hybridized carbons (Fsp3) is 0.176. The van der Waals surface area contributed by atoms with Gasteiger partial charge in [-0.3, -0.25) is 4.98 Å². The largest absolute Gasteiger partial charge is 0.465 e. The number of carbonyl (C=O) groups is 1. The molecule has 0 aliphatic rings. The van der Waals surface area contributed by atoms with E-state index in [0.29, 0.717) is 16.7 Å². The van der Waals surface area contributed by atoms with E-state index in [-0.39, 0.29) is 0 Å². The summed E-state index contributed by atoms with van der Waals surface area (Å²) < 4.78 is 4.82. The predicted octanol–water partition coefficient (Wildman–Crippen LogP) is 2.55. The standard InChI is InChI=1S/C17H17NO3/c1-17(20,14-8-10-18-11-9-14)12-15(16(19)21-2)13-6-4-3-5-7-13/h3-12,20H,1-2H3/b15-12+/t17-/m0/s1. The highest BCUT2D eigenvalue weighted by Gasteiger charge is 2.24. The molecule has 4 nitrogen and oxygen atoms in total. The van der Waals surface area contributed by atoms with E-state index >= 15 is 0 Å². The molecule has 0 spiro atoms. The molecule has 0 aliphatic carbocycles. The van der Waals surface area contributed by atoms with Crippen molar-refractivity contribution in [2.24, 2.45) is 0 Å². The molecular formula is C17H17NO3. The Morgan fingerprint density at radius 2 is 1.81 bits per heavy atom. The van der Waals surface area contributed by atoms with Crippen LogP contribution in [0.2, 0.25) is 0 Å². The van der Waals surface area contributed by atoms with Crippen molar-refractivity contribution in [2.75, 3.05) is 7.11 Å². The highest BCUT2D eigenvalue weighted by atomic mass is 16.5. The molecule has 0 amide bonds. The number of hydrogen-bond acceptors (Lipinski definition) is 4. The van der Waals surface area contributed by atoms with Crippen LogP contribution < -0.4 is 0 Å². The number of ether oxygens (including phenoxy) is 1. The first-order chi connectivity index (χ1) is 10.0. The van der Waals surface area contributed by atoms with Crippen molar-refractivity contribution in [3.05, 3.63) is 72.1 Å². The van der Waals surface area contributed by atoms with E-state index in [1.165, 1.54) is 13.2 Å². The highest BCUT2D eigenvalue weighted by molar-refractivity contribution is 6.16. The van der Waals surface area contributed by atoms with Crippen molar-refractivity contribution in [1.29, 1.82) is 0 Å². The number of aliphatic hydroxyl groups is 1. The van der Waals surface area contributed by atoms with Gasteiger partial charge in [0, 0.05) is 12.4 Å². The normalized spacial score (nSPS) is 14.3. The fourth-order valence-corrected chi connectivity index (χ4v) is 2.04. The summed E-state index contributed by atoms with van der Waals surface area (Å²) >= 11 is 0. The zero-order valence-electron chi connectivity index (χ0n) is 12.0. The van der Waals surface area contributed by atoms with Crippen molar-refractivity contribution in [3.8, 4) is 0 Å². The van der Waals surface area contributed by atoms with E-state index in [0.717, 1.165) is 0 Å². The zero-order chi connectivity index (χ0) is 15.3. The Morgan fingerprint density at radius 1 is 1.19 bits per heavy atom. The molecule has 0 aliphatic heterocycles. The molecule has 4 heteroatoms. The smallest absolute Gasteiger partial charge is 0.338 e. The van der Waals surface area contributed by atoms with Gasteiger partial charge in [-0.2, -0.15) is 0 Å². The molecular weight excluding hydrogens is 266 g/mol. The van der Waals surface area contributed by atoms with Crippen LogP contribution in [0.25, 0.3) is 5.57 Å². The van der Waals surface area contributed by atoms with Gasteiger partial charge in [0.05, 0.1) is 12.7 Å². The summed E-state index contributed by atoms with van der Waals surface area (Å²) in [6.45, 7) is 1.62. The minimum Gasteiger partial charge on any atom is -0.465 e. The second-order valence-corrected chi connectivity index (χ2v) is 4.80. The molecule has 0 saturated heterocycles. The molecule has 2 rings (SSSR count). The lowest BCUT2D eigenvalue weighted by atomic mass is 9.92. The summed E-state index contributed by atoms with van der Waals surface area (Å²) in [5.41, 5.74) is 0.357. The number of pyridine rings is 1. The van der Waals surface area contributed by atoms with Gasteiger partial charge in [-0.25, -0.2) is 4.79 Å². The zero-order valence-corrected chi connectivity index (χ0v) is 12.0. The lowest BCUT2D eigenvalue weighted by molar-refractivity contribution is -0.133. The van der Waals surface area contributed by atoms with Gasteiger partial charge in [-0.1, -0.05) is 30.3 Å². The summed E-state index contributed by atoms with van der Waals surface area (Å²) in [6.07, 6.45) is 4.69. The first-order valence-corrected chi connectivity index (χ1v) is 6.54. The molecule has 1 aromatic heterocycles. The maximum absolute atomic E-state index is 12.0. The van der Waals surface area contributed by atoms with Crippen LogP contribution in [0.5, 0.6) is 0 Å². The summed E-state index contributed by atoms with van der Waals surface area (Å²) in [5, 5.41) is 10.6. The van der Waals surface area contributed by atoms with Crippen LogP contribution in [-0.2, 0) is 15.1 Å². The van der Waals surface area contributed by atoms with Crippen LogP contribution in [0.15, 0.2) is 60.9 Å². The molecule has 0 fully saturated rings. The Bertz CT molecular complexity index is 634. The fourth-order valence-electron chi connectivity index (χ4n) is 2.04. The van der Waals surface area contributed by atoms with E-state index < -0.39 is 11.6 Å². The third kappa shape index (κ3) is 3.55. The molecule has 1 heterocycles. The van der Waals surface area contributed by atoms with Crippen LogP contribution in [-0.4, -0.2) is 23.2 Å². The van der Waals surface area contributed by atoms with Crippen LogP contribution in [0.1, 0.15) is 18.1 Å². The van der Waals surface area contributed by atoms with Gasteiger partial charge < -0.3 is 9.84 Å². The molecule has 1 aromatic carbocycles. The number of nitrogens with zero attached hydrogens (tertiary/aromatic N) is 1. The van der Waals surface area contributed by atoms with Crippen molar-refractivity contribution in [3.63, 3.8) is 0 Å². The average Bonchev–Trinajstić information content (AvgIpc) is 2.53. The number of aromatic nitrogens is 1. The minimum atomic E-state index is -1.30. The van der Waals surface area contributed by atoms with Gasteiger partial charge in [-0.05, 0) is 36.3 Å². The van der Waals surface area contributed by atoms with Crippen molar-refractivity contribution >= 4 is 11.5 Å². The van der Waals surface area contributed by atoms with Gasteiger partial charge in [0.25, 0.3) is 0 Å². The van der Waals surface area contributed by atoms with E-state index in [9.17, 15) is 9.90 Å². The van der Waals surface area contributed by atoms with E-state index in [2.05, 4.69) is 4.98 Å². The Hall–Kier alpha value is -2.46. The van der Waals surface area contributed by atoms with Gasteiger partial charge in [0.15, 0.2) is 0 Å². The van der Waals surface area contributed by atoms with E-state index in [1.807, 2.05) is 18.2 Å². The Morgan fingerprint density at radius 3 is 2.38 bits per heavy atom. The van der Waals surface area contributed by atoms with E-state index in [4.69, 9.17) is 4.74 Å². The number of benzene rings is 1. The van der Waals surface area contributed by atoms with Gasteiger partial charge in [0.1, 0.15) is 5.60 Å². The van der Waals surface area contributed by atoms with Crippen LogP contribution in [0.4, 0.5) is 0 Å². The third-order valence-electron chi connectivity index (χ3n) is 3.18. The van der Waals surface area contributed by atoms with Crippen molar-refractivity contribution in [2.45, 2.75) is 12.5 Å². The van der Waals surface area contributed by atoms with Gasteiger partial charge in [0.2, 0.25) is 0 Å². The lowest BCUT2D eigenvalue weighted by Crippen LogP contribution is -2.20. The molecule has 0 unspecified atom stereocenters. The van der Waals surface area contributed by atoms with Crippen molar-refractivity contribution < 1.29 is 14.6 Å². The highest BCUT2D eigenvalue weighted by Crippen LogP contribution is 2.27. The molecule has 1 atom stereocenters. The first kappa shape index (κ1) is 14.9. The molecule has 2 aromatic rings. The topological polar surface area (TPSA) is 59.4 Å². The minimum absolute atomic E-state index is 0.319. The average molecular weight is 283 g/mol. The van der Waals surface area contributed by atoms with Crippen molar-refractivity contribution in [1.82, 2.24) is 4.98 Å². The van der Waals surface area contributed by atoms with Gasteiger partial charge in [-0.15, -0.1) is 0 Å².